The standard InChI is InChI=1S/C18H26N2O3.ClH/c1-22-15-5-3-4-14(10-15)13-6-8-20(9-7-13)18(21)17-11-16(23-2)12-19-17;/h3-5,10,13,16-17,19H,6-9,11-12H2,1-2H3;1H/t16-,17-;/m0./s1. The summed E-state index contributed by atoms with van der Waals surface area (Å²) in [6.45, 7) is 2.43. The highest BCUT2D eigenvalue weighted by Gasteiger charge is 2.34. The van der Waals surface area contributed by atoms with Gasteiger partial charge in [-0.15, -0.1) is 12.4 Å². The minimum Gasteiger partial charge on any atom is -0.497 e. The lowest BCUT2D eigenvalue weighted by atomic mass is 9.89. The zero-order valence-corrected chi connectivity index (χ0v) is 15.2. The molecule has 24 heavy (non-hydrogen) atoms. The number of likely N-dealkylation sites (tertiary alicyclic amines) is 1. The van der Waals surface area contributed by atoms with E-state index in [1.54, 1.807) is 14.2 Å². The van der Waals surface area contributed by atoms with Crippen LogP contribution in [0.4, 0.5) is 0 Å². The molecule has 1 N–H and O–H groups in total. The first-order valence-corrected chi connectivity index (χ1v) is 8.40. The fraction of sp³-hybridized carbons (Fsp3) is 0.611. The fourth-order valence-electron chi connectivity index (χ4n) is 3.62. The van der Waals surface area contributed by atoms with Crippen LogP contribution in [-0.4, -0.2) is 56.8 Å². The molecule has 0 aliphatic carbocycles. The van der Waals surface area contributed by atoms with Crippen molar-refractivity contribution < 1.29 is 14.3 Å². The molecule has 1 aromatic carbocycles. The van der Waals surface area contributed by atoms with Gasteiger partial charge in [-0.3, -0.25) is 4.79 Å². The van der Waals surface area contributed by atoms with Crippen molar-refractivity contribution in [3.05, 3.63) is 29.8 Å². The van der Waals surface area contributed by atoms with Gasteiger partial charge in [0.05, 0.1) is 19.3 Å². The van der Waals surface area contributed by atoms with Crippen LogP contribution < -0.4 is 10.1 Å². The SMILES string of the molecule is COc1cccc(C2CCN(C(=O)[C@@H]3C[C@H](OC)CN3)CC2)c1.Cl. The number of piperidine rings is 1. The maximum Gasteiger partial charge on any atom is 0.239 e. The number of nitrogens with one attached hydrogen (secondary N) is 1. The maximum absolute atomic E-state index is 12.6. The van der Waals surface area contributed by atoms with Gasteiger partial charge in [0.15, 0.2) is 0 Å². The van der Waals surface area contributed by atoms with Crippen LogP contribution in [0.5, 0.6) is 5.75 Å². The molecule has 0 spiro atoms. The van der Waals surface area contributed by atoms with Crippen molar-refractivity contribution in [1.82, 2.24) is 10.2 Å². The van der Waals surface area contributed by atoms with E-state index in [0.29, 0.717) is 5.92 Å². The third-order valence-corrected chi connectivity index (χ3v) is 5.09. The summed E-state index contributed by atoms with van der Waals surface area (Å²) < 4.78 is 10.6. The third kappa shape index (κ3) is 4.21. The van der Waals surface area contributed by atoms with Crippen LogP contribution in [0.3, 0.4) is 0 Å². The molecule has 5 nitrogen and oxygen atoms in total. The van der Waals surface area contributed by atoms with E-state index in [4.69, 9.17) is 9.47 Å². The summed E-state index contributed by atoms with van der Waals surface area (Å²) in [6.07, 6.45) is 2.97. The van der Waals surface area contributed by atoms with Crippen LogP contribution in [0.2, 0.25) is 0 Å². The fourth-order valence-corrected chi connectivity index (χ4v) is 3.62. The first kappa shape index (κ1) is 19.0. The number of halogens is 1. The van der Waals surface area contributed by atoms with Crippen molar-refractivity contribution in [2.24, 2.45) is 0 Å². The Kier molecular flexibility index (Phi) is 6.90. The number of nitrogens with zero attached hydrogens (tertiary/aromatic N) is 1. The molecule has 134 valence electrons. The highest BCUT2D eigenvalue weighted by molar-refractivity contribution is 5.85. The molecular formula is C18H27ClN2O3. The van der Waals surface area contributed by atoms with E-state index in [1.165, 1.54) is 5.56 Å². The van der Waals surface area contributed by atoms with Crippen molar-refractivity contribution in [2.75, 3.05) is 33.9 Å². The Balaban J connectivity index is 0.00000208. The van der Waals surface area contributed by atoms with Gasteiger partial charge in [0.2, 0.25) is 5.91 Å². The second-order valence-corrected chi connectivity index (χ2v) is 6.43. The molecule has 2 saturated heterocycles. The molecule has 0 bridgehead atoms. The number of hydrogen-bond donors (Lipinski definition) is 1. The Labute approximate surface area is 150 Å². The minimum absolute atomic E-state index is 0. The van der Waals surface area contributed by atoms with E-state index >= 15 is 0 Å². The Morgan fingerprint density at radius 1 is 1.25 bits per heavy atom. The van der Waals surface area contributed by atoms with Crippen LogP contribution >= 0.6 is 12.4 Å². The predicted octanol–water partition coefficient (Wildman–Crippen LogP) is 2.20. The largest absolute Gasteiger partial charge is 0.497 e. The summed E-state index contributed by atoms with van der Waals surface area (Å²) >= 11 is 0. The number of ether oxygens (including phenoxy) is 2. The van der Waals surface area contributed by atoms with Crippen LogP contribution in [0, 0.1) is 0 Å². The summed E-state index contributed by atoms with van der Waals surface area (Å²) in [5.74, 6) is 1.65. The van der Waals surface area contributed by atoms with Crippen LogP contribution in [0.1, 0.15) is 30.7 Å². The Hall–Kier alpha value is -1.30. The van der Waals surface area contributed by atoms with Gasteiger partial charge >= 0.3 is 0 Å². The normalized spacial score (nSPS) is 24.5. The number of methoxy groups -OCH3 is 2. The second kappa shape index (κ2) is 8.70. The first-order valence-electron chi connectivity index (χ1n) is 8.40. The molecule has 0 radical (unpaired) electrons. The quantitative estimate of drug-likeness (QED) is 0.900. The molecule has 2 heterocycles. The first-order chi connectivity index (χ1) is 11.2. The van der Waals surface area contributed by atoms with Gasteiger partial charge in [-0.25, -0.2) is 0 Å². The van der Waals surface area contributed by atoms with Crippen molar-refractivity contribution in [2.45, 2.75) is 37.3 Å². The number of carbonyl (C=O) groups is 1. The van der Waals surface area contributed by atoms with Gasteiger partial charge in [-0.05, 0) is 42.9 Å². The number of benzene rings is 1. The van der Waals surface area contributed by atoms with Gasteiger partial charge in [-0.1, -0.05) is 12.1 Å². The molecule has 3 rings (SSSR count). The summed E-state index contributed by atoms with van der Waals surface area (Å²) in [6, 6.07) is 8.21. The lowest BCUT2D eigenvalue weighted by Gasteiger charge is -2.34. The maximum atomic E-state index is 12.6. The number of hydrogen-bond acceptors (Lipinski definition) is 4. The van der Waals surface area contributed by atoms with Crippen molar-refractivity contribution in [1.29, 1.82) is 0 Å². The van der Waals surface area contributed by atoms with Crippen molar-refractivity contribution >= 4 is 18.3 Å². The van der Waals surface area contributed by atoms with Crippen LogP contribution in [-0.2, 0) is 9.53 Å². The number of rotatable bonds is 4. The smallest absolute Gasteiger partial charge is 0.239 e. The molecule has 2 aliphatic rings. The molecule has 1 aromatic rings. The molecule has 1 amide bonds. The Morgan fingerprint density at radius 2 is 2.00 bits per heavy atom. The summed E-state index contributed by atoms with van der Waals surface area (Å²) in [5, 5.41) is 3.28. The van der Waals surface area contributed by atoms with Gasteiger partial charge in [0, 0.05) is 26.7 Å². The summed E-state index contributed by atoms with van der Waals surface area (Å²) in [5.41, 5.74) is 1.31. The average molecular weight is 355 g/mol. The van der Waals surface area contributed by atoms with E-state index in [9.17, 15) is 4.79 Å². The number of carbonyl (C=O) groups excluding carboxylic acids is 1. The monoisotopic (exact) mass is 354 g/mol. The predicted molar refractivity (Wildman–Crippen MR) is 96.0 cm³/mol. The lowest BCUT2D eigenvalue weighted by Crippen LogP contribution is -2.46. The van der Waals surface area contributed by atoms with Crippen LogP contribution in [0.15, 0.2) is 24.3 Å². The molecule has 0 unspecified atom stereocenters. The third-order valence-electron chi connectivity index (χ3n) is 5.09. The summed E-state index contributed by atoms with van der Waals surface area (Å²) in [7, 11) is 3.40. The van der Waals surface area contributed by atoms with E-state index in [1.807, 2.05) is 17.0 Å². The molecule has 6 heteroatoms. The molecule has 0 saturated carbocycles. The van der Waals surface area contributed by atoms with Gasteiger partial charge in [0.25, 0.3) is 0 Å². The lowest BCUT2D eigenvalue weighted by molar-refractivity contribution is -0.134. The Morgan fingerprint density at radius 3 is 2.62 bits per heavy atom. The van der Waals surface area contributed by atoms with E-state index in [-0.39, 0.29) is 30.5 Å². The zero-order chi connectivity index (χ0) is 16.2. The molecule has 0 aromatic heterocycles. The average Bonchev–Trinajstić information content (AvgIpc) is 3.10. The summed E-state index contributed by atoms with van der Waals surface area (Å²) in [4.78, 5) is 14.6. The topological polar surface area (TPSA) is 50.8 Å². The van der Waals surface area contributed by atoms with E-state index in [0.717, 1.165) is 44.6 Å². The van der Waals surface area contributed by atoms with Gasteiger partial charge < -0.3 is 19.7 Å². The van der Waals surface area contributed by atoms with Crippen LogP contribution in [0.25, 0.3) is 0 Å². The minimum atomic E-state index is -0.0756. The van der Waals surface area contributed by atoms with Crippen molar-refractivity contribution in [3.63, 3.8) is 0 Å². The number of amides is 1. The molecular weight excluding hydrogens is 328 g/mol. The van der Waals surface area contributed by atoms with Gasteiger partial charge in [0.1, 0.15) is 5.75 Å². The zero-order valence-electron chi connectivity index (χ0n) is 14.4. The highest BCUT2D eigenvalue weighted by Crippen LogP contribution is 2.30. The van der Waals surface area contributed by atoms with E-state index < -0.39 is 0 Å². The van der Waals surface area contributed by atoms with E-state index in [2.05, 4.69) is 17.4 Å². The Bertz CT molecular complexity index is 547. The molecule has 2 fully saturated rings. The highest BCUT2D eigenvalue weighted by atomic mass is 35.5. The van der Waals surface area contributed by atoms with Crippen molar-refractivity contribution in [3.8, 4) is 5.75 Å². The molecule has 2 atom stereocenters. The molecule has 2 aliphatic heterocycles. The van der Waals surface area contributed by atoms with Gasteiger partial charge in [-0.2, -0.15) is 0 Å². The second-order valence-electron chi connectivity index (χ2n) is 6.43.